The van der Waals surface area contributed by atoms with Crippen LogP contribution < -0.4 is 0 Å². The Kier molecular flexibility index (Phi) is 14.9. The van der Waals surface area contributed by atoms with Gasteiger partial charge in [-0.1, -0.05) is 45.9 Å². The number of cyclic esters (lactones) is 1. The molecule has 2 fully saturated rings. The van der Waals surface area contributed by atoms with Crippen LogP contribution in [0.4, 0.5) is 0 Å². The fourth-order valence-corrected chi connectivity index (χ4v) is 6.60. The summed E-state index contributed by atoms with van der Waals surface area (Å²) in [4.78, 5) is 28.2. The highest BCUT2D eigenvalue weighted by Gasteiger charge is 2.45. The minimum absolute atomic E-state index is 0.144. The fraction of sp³-hybridized carbons (Fsp3) is 0.771. The van der Waals surface area contributed by atoms with Gasteiger partial charge in [0, 0.05) is 24.0 Å². The number of allylic oxidation sites excluding steroid dienone is 3. The Hall–Kier alpha value is -2.04. The molecule has 0 aromatic heterocycles. The summed E-state index contributed by atoms with van der Waals surface area (Å²) >= 11 is 0. The lowest BCUT2D eigenvalue weighted by atomic mass is 9.84. The first-order valence-electron chi connectivity index (χ1n) is 17.0. The van der Waals surface area contributed by atoms with Crippen LogP contribution in [0.5, 0.6) is 0 Å². The van der Waals surface area contributed by atoms with Crippen LogP contribution in [0.2, 0.25) is 0 Å². The first kappa shape index (κ1) is 40.4. The number of ketones is 1. The minimum Gasteiger partial charge on any atom is -0.456 e. The molecule has 3 rings (SSSR count). The van der Waals surface area contributed by atoms with Gasteiger partial charge in [-0.05, 0) is 65.3 Å². The van der Waals surface area contributed by atoms with Gasteiger partial charge in [0.25, 0.3) is 0 Å². The second-order valence-corrected chi connectivity index (χ2v) is 13.9. The number of aliphatic hydroxyl groups is 5. The van der Waals surface area contributed by atoms with Gasteiger partial charge in [-0.25, -0.2) is 4.79 Å². The molecule has 0 amide bonds. The second-order valence-electron chi connectivity index (χ2n) is 13.9. The summed E-state index contributed by atoms with van der Waals surface area (Å²) in [6, 6.07) is -0.179. The molecule has 13 nitrogen and oxygen atoms in total. The molecule has 3 aliphatic heterocycles. The molecule has 0 spiro atoms. The lowest BCUT2D eigenvalue weighted by Crippen LogP contribution is -2.58. The van der Waals surface area contributed by atoms with E-state index in [1.54, 1.807) is 13.0 Å². The lowest BCUT2D eigenvalue weighted by Gasteiger charge is -2.43. The third-order valence-corrected chi connectivity index (χ3v) is 9.62. The monoisotopic (exact) mass is 683 g/mol. The molecule has 3 aliphatic rings. The molecule has 3 heterocycles. The number of nitrogens with zero attached hydrogens (tertiary/aromatic N) is 1. The van der Waals surface area contributed by atoms with Crippen molar-refractivity contribution in [2.75, 3.05) is 20.7 Å². The smallest absolute Gasteiger partial charge is 0.330 e. The molecular weight excluding hydrogens is 626 g/mol. The van der Waals surface area contributed by atoms with Crippen LogP contribution in [0.3, 0.4) is 0 Å². The van der Waals surface area contributed by atoms with E-state index in [2.05, 4.69) is 0 Å². The van der Waals surface area contributed by atoms with Crippen molar-refractivity contribution in [3.05, 3.63) is 36.5 Å². The van der Waals surface area contributed by atoms with Gasteiger partial charge >= 0.3 is 5.97 Å². The van der Waals surface area contributed by atoms with E-state index in [1.807, 2.05) is 46.7 Å². The van der Waals surface area contributed by atoms with Crippen LogP contribution in [-0.4, -0.2) is 136 Å². The summed E-state index contributed by atoms with van der Waals surface area (Å²) in [5.74, 6) is -1.81. The molecule has 0 radical (unpaired) electrons. The third-order valence-electron chi connectivity index (χ3n) is 9.62. The van der Waals surface area contributed by atoms with E-state index in [0.717, 1.165) is 0 Å². The van der Waals surface area contributed by atoms with Crippen LogP contribution in [0.1, 0.15) is 60.8 Å². The van der Waals surface area contributed by atoms with Gasteiger partial charge in [0.15, 0.2) is 18.4 Å². The number of aliphatic hydroxyl groups excluding tert-OH is 4. The topological polar surface area (TPSA) is 185 Å². The van der Waals surface area contributed by atoms with Crippen molar-refractivity contribution in [3.8, 4) is 0 Å². The summed E-state index contributed by atoms with van der Waals surface area (Å²) in [6.07, 6.45) is -0.557. The van der Waals surface area contributed by atoms with E-state index in [4.69, 9.17) is 23.7 Å². The van der Waals surface area contributed by atoms with Crippen molar-refractivity contribution in [1.29, 1.82) is 0 Å². The SMILES string of the molecule is CC[C@H]1OC(=O)/C=C/[C@H](C)[C@@H](OC2OC(C)CC(N(C)C)C2O)[C@@H](C)C[C@@H](C)C(=O)/C=C/C=C/[C@]1(O)COC1OC(C)C(O)C(O)C1O. The summed E-state index contributed by atoms with van der Waals surface area (Å²) in [5, 5.41) is 53.5. The first-order valence-corrected chi connectivity index (χ1v) is 17.0. The average Bonchev–Trinajstić information content (AvgIpc) is 3.03. The van der Waals surface area contributed by atoms with Crippen LogP contribution in [0.15, 0.2) is 36.5 Å². The van der Waals surface area contributed by atoms with E-state index >= 15 is 0 Å². The molecule has 0 saturated carbocycles. The lowest BCUT2D eigenvalue weighted by molar-refractivity contribution is -0.302. The Labute approximate surface area is 284 Å². The Morgan fingerprint density at radius 2 is 1.58 bits per heavy atom. The number of esters is 1. The van der Waals surface area contributed by atoms with Crippen molar-refractivity contribution in [3.63, 3.8) is 0 Å². The summed E-state index contributed by atoms with van der Waals surface area (Å²) in [7, 11) is 3.79. The minimum atomic E-state index is -1.94. The highest BCUT2D eigenvalue weighted by Crippen LogP contribution is 2.32. The summed E-state index contributed by atoms with van der Waals surface area (Å²) in [5.41, 5.74) is -1.94. The molecule has 274 valence electrons. The highest BCUT2D eigenvalue weighted by molar-refractivity contribution is 5.91. The van der Waals surface area contributed by atoms with Gasteiger partial charge in [0.1, 0.15) is 36.1 Å². The maximum Gasteiger partial charge on any atom is 0.330 e. The van der Waals surface area contributed by atoms with Gasteiger partial charge in [-0.15, -0.1) is 0 Å². The standard InChI is InChI=1S/C35H57NO12/c1-9-26-35(43,18-44-33-31(42)30(41)28(39)23(6)46-33)15-11-10-12-25(37)20(3)16-21(4)32(19(2)13-14-27(38)47-26)48-34-29(40)24(36(7)8)17-22(5)45-34/h10-15,19-24,26,28-34,39-43H,9,16-18H2,1-8H3/b12-10+,14-13+,15-11+/t19-,20+,21-,22?,23?,24?,26+,28?,29?,30?,31?,32+,33?,34?,35-/m0/s1. The Balaban J connectivity index is 1.88. The number of ether oxygens (including phenoxy) is 5. The number of hydrogen-bond donors (Lipinski definition) is 5. The van der Waals surface area contributed by atoms with E-state index in [-0.39, 0.29) is 36.2 Å². The molecule has 15 atom stereocenters. The quantitative estimate of drug-likeness (QED) is 0.242. The number of likely N-dealkylation sites (N-methyl/N-ethyl adjacent to an activating group) is 1. The number of carbonyl (C=O) groups excluding carboxylic acids is 2. The first-order chi connectivity index (χ1) is 22.5. The van der Waals surface area contributed by atoms with E-state index < -0.39 is 79.4 Å². The van der Waals surface area contributed by atoms with Crippen molar-refractivity contribution in [2.45, 2.75) is 134 Å². The van der Waals surface area contributed by atoms with E-state index in [9.17, 15) is 35.1 Å². The molecule has 48 heavy (non-hydrogen) atoms. The van der Waals surface area contributed by atoms with Gasteiger partial charge in [-0.3, -0.25) is 4.79 Å². The normalized spacial score (nSPS) is 45.8. The number of rotatable bonds is 7. The largest absolute Gasteiger partial charge is 0.456 e. The summed E-state index contributed by atoms with van der Waals surface area (Å²) < 4.78 is 29.4. The van der Waals surface area contributed by atoms with Gasteiger partial charge in [0.05, 0.1) is 24.9 Å². The number of carbonyl (C=O) groups is 2. The second kappa shape index (κ2) is 17.8. The molecule has 2 saturated heterocycles. The zero-order valence-electron chi connectivity index (χ0n) is 29.4. The summed E-state index contributed by atoms with van der Waals surface area (Å²) in [6.45, 7) is 10.3. The average molecular weight is 684 g/mol. The maximum atomic E-state index is 13.2. The Morgan fingerprint density at radius 1 is 0.896 bits per heavy atom. The number of hydrogen-bond acceptors (Lipinski definition) is 13. The maximum absolute atomic E-state index is 13.2. The van der Waals surface area contributed by atoms with Crippen LogP contribution in [-0.2, 0) is 33.3 Å². The third kappa shape index (κ3) is 10.3. The van der Waals surface area contributed by atoms with E-state index in [1.165, 1.54) is 37.3 Å². The molecule has 0 bridgehead atoms. The molecule has 13 heteroatoms. The van der Waals surface area contributed by atoms with E-state index in [0.29, 0.717) is 12.8 Å². The van der Waals surface area contributed by atoms with Gasteiger partial charge in [-0.2, -0.15) is 0 Å². The zero-order valence-corrected chi connectivity index (χ0v) is 29.4. The Bertz CT molecular complexity index is 1140. The van der Waals surface area contributed by atoms with Crippen LogP contribution >= 0.6 is 0 Å². The van der Waals surface area contributed by atoms with Crippen LogP contribution in [0, 0.1) is 17.8 Å². The van der Waals surface area contributed by atoms with Crippen molar-refractivity contribution < 1.29 is 58.8 Å². The van der Waals surface area contributed by atoms with Crippen molar-refractivity contribution in [2.24, 2.45) is 17.8 Å². The highest BCUT2D eigenvalue weighted by atomic mass is 16.7. The molecule has 5 N–H and O–H groups in total. The molecule has 0 aromatic rings. The predicted molar refractivity (Wildman–Crippen MR) is 175 cm³/mol. The molecule has 0 aliphatic carbocycles. The zero-order chi connectivity index (χ0) is 35.9. The molecule has 9 unspecified atom stereocenters. The predicted octanol–water partition coefficient (Wildman–Crippen LogP) is 1.24. The molecule has 0 aromatic carbocycles. The Morgan fingerprint density at radius 3 is 2.23 bits per heavy atom. The fourth-order valence-electron chi connectivity index (χ4n) is 6.60. The van der Waals surface area contributed by atoms with Crippen LogP contribution in [0.25, 0.3) is 0 Å². The van der Waals surface area contributed by atoms with Gasteiger partial charge in [0.2, 0.25) is 0 Å². The van der Waals surface area contributed by atoms with Crippen molar-refractivity contribution >= 4 is 11.8 Å². The van der Waals surface area contributed by atoms with Crippen molar-refractivity contribution in [1.82, 2.24) is 4.90 Å². The molecular formula is C35H57NO12. The van der Waals surface area contributed by atoms with Gasteiger partial charge < -0.3 is 54.1 Å².